The summed E-state index contributed by atoms with van der Waals surface area (Å²) in [5, 5.41) is 8.59. The molecular formula is C30H44N2OS. The fourth-order valence-corrected chi connectivity index (χ4v) is 4.48. The number of benzene rings is 2. The molecular weight excluding hydrogens is 436 g/mol. The molecule has 2 aromatic rings. The predicted octanol–water partition coefficient (Wildman–Crippen LogP) is 8.33. The number of hydrogen-bond donors (Lipinski definition) is 2. The van der Waals surface area contributed by atoms with Crippen LogP contribution in [-0.4, -0.2) is 17.6 Å². The van der Waals surface area contributed by atoms with E-state index in [2.05, 4.69) is 35.8 Å². The molecule has 1 amide bonds. The van der Waals surface area contributed by atoms with Crippen LogP contribution in [0, 0.1) is 0 Å². The van der Waals surface area contributed by atoms with Crippen molar-refractivity contribution >= 4 is 40.1 Å². The Bertz CT molecular complexity index is 872. The van der Waals surface area contributed by atoms with Crippen LogP contribution in [0.5, 0.6) is 0 Å². The van der Waals surface area contributed by atoms with E-state index < -0.39 is 0 Å². The quantitative estimate of drug-likeness (QED) is 0.136. The molecule has 4 heteroatoms. The molecule has 0 atom stereocenters. The minimum absolute atomic E-state index is 0.202. The third kappa shape index (κ3) is 12.3. The Kier molecular flexibility index (Phi) is 15.0. The van der Waals surface area contributed by atoms with Gasteiger partial charge in [0.15, 0.2) is 5.11 Å². The highest BCUT2D eigenvalue weighted by Crippen LogP contribution is 2.19. The molecule has 0 unspecified atom stereocenters. The van der Waals surface area contributed by atoms with E-state index in [0.717, 1.165) is 29.3 Å². The van der Waals surface area contributed by atoms with Gasteiger partial charge in [0, 0.05) is 12.6 Å². The van der Waals surface area contributed by atoms with Crippen molar-refractivity contribution in [1.82, 2.24) is 10.6 Å². The molecule has 0 aliphatic carbocycles. The molecule has 0 spiro atoms. The van der Waals surface area contributed by atoms with Crippen LogP contribution in [0.3, 0.4) is 0 Å². The molecule has 0 saturated carbocycles. The van der Waals surface area contributed by atoms with Gasteiger partial charge in [-0.15, -0.1) is 0 Å². The fourth-order valence-electron chi connectivity index (χ4n) is 4.28. The standard InChI is InChI=1S/C30H44N2OS/c1-2-3-4-5-6-7-8-9-10-11-12-13-14-17-25-31-30(34)32-29(33)24-23-27-21-18-20-26-19-15-16-22-28(26)27/h15-16,18-24H,2-14,17,25H2,1H3,(H2,31,32,33,34). The zero-order chi connectivity index (χ0) is 24.3. The molecule has 3 nitrogen and oxygen atoms in total. The van der Waals surface area contributed by atoms with Crippen molar-refractivity contribution in [3.63, 3.8) is 0 Å². The second-order valence-corrected chi connectivity index (χ2v) is 9.65. The summed E-state index contributed by atoms with van der Waals surface area (Å²) in [6.07, 6.45) is 22.3. The lowest BCUT2D eigenvalue weighted by atomic mass is 10.0. The van der Waals surface area contributed by atoms with Crippen LogP contribution < -0.4 is 10.6 Å². The Hall–Kier alpha value is -2.20. The van der Waals surface area contributed by atoms with Gasteiger partial charge in [0.1, 0.15) is 0 Å². The van der Waals surface area contributed by atoms with Crippen LogP contribution >= 0.6 is 12.2 Å². The minimum Gasteiger partial charge on any atom is -0.362 e. The summed E-state index contributed by atoms with van der Waals surface area (Å²) >= 11 is 5.26. The summed E-state index contributed by atoms with van der Waals surface area (Å²) in [5.41, 5.74) is 1.02. The maximum Gasteiger partial charge on any atom is 0.250 e. The van der Waals surface area contributed by atoms with Gasteiger partial charge in [0.05, 0.1) is 0 Å². The molecule has 2 aromatic carbocycles. The maximum absolute atomic E-state index is 12.2. The van der Waals surface area contributed by atoms with Gasteiger partial charge in [-0.2, -0.15) is 0 Å². The number of unbranched alkanes of at least 4 members (excludes halogenated alkanes) is 13. The fraction of sp³-hybridized carbons (Fsp3) is 0.533. The first kappa shape index (κ1) is 28.0. The topological polar surface area (TPSA) is 41.1 Å². The van der Waals surface area contributed by atoms with E-state index in [0.29, 0.717) is 5.11 Å². The number of carbonyl (C=O) groups excluding carboxylic acids is 1. The van der Waals surface area contributed by atoms with E-state index in [1.807, 2.05) is 30.3 Å². The van der Waals surface area contributed by atoms with Crippen molar-refractivity contribution in [2.75, 3.05) is 6.54 Å². The molecule has 0 aromatic heterocycles. The van der Waals surface area contributed by atoms with Gasteiger partial charge >= 0.3 is 0 Å². The first-order chi connectivity index (χ1) is 16.7. The van der Waals surface area contributed by atoms with Crippen LogP contribution in [0.4, 0.5) is 0 Å². The van der Waals surface area contributed by atoms with Crippen molar-refractivity contribution in [2.45, 2.75) is 96.8 Å². The summed E-state index contributed by atoms with van der Waals surface area (Å²) in [6, 6.07) is 14.3. The van der Waals surface area contributed by atoms with Crippen LogP contribution in [0.1, 0.15) is 102 Å². The third-order valence-electron chi connectivity index (χ3n) is 6.29. The van der Waals surface area contributed by atoms with Crippen molar-refractivity contribution in [2.24, 2.45) is 0 Å². The largest absolute Gasteiger partial charge is 0.362 e. The molecule has 0 aliphatic heterocycles. The first-order valence-electron chi connectivity index (χ1n) is 13.5. The highest BCUT2D eigenvalue weighted by molar-refractivity contribution is 7.80. The number of carbonyl (C=O) groups is 1. The van der Waals surface area contributed by atoms with Crippen LogP contribution in [-0.2, 0) is 4.79 Å². The first-order valence-corrected chi connectivity index (χ1v) is 13.9. The molecule has 2 rings (SSSR count). The van der Waals surface area contributed by atoms with Gasteiger partial charge in [0.2, 0.25) is 5.91 Å². The number of amides is 1. The number of hydrogen-bond acceptors (Lipinski definition) is 2. The van der Waals surface area contributed by atoms with Crippen molar-refractivity contribution in [1.29, 1.82) is 0 Å². The van der Waals surface area contributed by atoms with E-state index in [1.165, 1.54) is 83.5 Å². The Morgan fingerprint density at radius 2 is 1.32 bits per heavy atom. The molecule has 0 radical (unpaired) electrons. The van der Waals surface area contributed by atoms with E-state index >= 15 is 0 Å². The van der Waals surface area contributed by atoms with Gasteiger partial charge in [-0.05, 0) is 41.1 Å². The lowest BCUT2D eigenvalue weighted by Crippen LogP contribution is -2.38. The number of rotatable bonds is 17. The smallest absolute Gasteiger partial charge is 0.250 e. The maximum atomic E-state index is 12.2. The normalized spacial score (nSPS) is 11.2. The van der Waals surface area contributed by atoms with Crippen LogP contribution in [0.15, 0.2) is 48.5 Å². The molecule has 186 valence electrons. The molecule has 0 fully saturated rings. The second-order valence-electron chi connectivity index (χ2n) is 9.24. The van der Waals surface area contributed by atoms with Crippen molar-refractivity contribution in [3.8, 4) is 0 Å². The zero-order valence-corrected chi connectivity index (χ0v) is 21.9. The summed E-state index contributed by atoms with van der Waals surface area (Å²) in [6.45, 7) is 3.09. The summed E-state index contributed by atoms with van der Waals surface area (Å²) in [4.78, 5) is 12.2. The van der Waals surface area contributed by atoms with Crippen molar-refractivity contribution in [3.05, 3.63) is 54.1 Å². The van der Waals surface area contributed by atoms with Crippen LogP contribution in [0.2, 0.25) is 0 Å². The van der Waals surface area contributed by atoms with Gasteiger partial charge < -0.3 is 5.32 Å². The van der Waals surface area contributed by atoms with Gasteiger partial charge in [-0.1, -0.05) is 133 Å². The number of fused-ring (bicyclic) bond motifs is 1. The lowest BCUT2D eigenvalue weighted by molar-refractivity contribution is -0.115. The molecule has 2 N–H and O–H groups in total. The number of nitrogens with one attached hydrogen (secondary N) is 2. The molecule has 0 bridgehead atoms. The van der Waals surface area contributed by atoms with E-state index in [4.69, 9.17) is 12.2 Å². The Morgan fingerprint density at radius 3 is 1.97 bits per heavy atom. The van der Waals surface area contributed by atoms with Gasteiger partial charge in [-0.3, -0.25) is 10.1 Å². The van der Waals surface area contributed by atoms with E-state index in [-0.39, 0.29) is 5.91 Å². The average Bonchev–Trinajstić information content (AvgIpc) is 2.85. The lowest BCUT2D eigenvalue weighted by Gasteiger charge is -2.08. The summed E-state index contributed by atoms with van der Waals surface area (Å²) in [7, 11) is 0. The Balaban J connectivity index is 1.45. The van der Waals surface area contributed by atoms with Crippen molar-refractivity contribution < 1.29 is 4.79 Å². The molecule has 0 aliphatic rings. The summed E-state index contributed by atoms with van der Waals surface area (Å²) in [5.74, 6) is -0.202. The monoisotopic (exact) mass is 480 g/mol. The van der Waals surface area contributed by atoms with E-state index in [1.54, 1.807) is 6.08 Å². The summed E-state index contributed by atoms with van der Waals surface area (Å²) < 4.78 is 0. The Labute approximate surface area is 212 Å². The highest BCUT2D eigenvalue weighted by Gasteiger charge is 2.02. The van der Waals surface area contributed by atoms with Gasteiger partial charge in [0.25, 0.3) is 0 Å². The predicted molar refractivity (Wildman–Crippen MR) is 152 cm³/mol. The highest BCUT2D eigenvalue weighted by atomic mass is 32.1. The molecule has 0 heterocycles. The third-order valence-corrected chi connectivity index (χ3v) is 6.54. The van der Waals surface area contributed by atoms with E-state index in [9.17, 15) is 4.79 Å². The SMILES string of the molecule is CCCCCCCCCCCCCCCCNC(=S)NC(=O)C=Cc1cccc2ccccc12. The molecule has 34 heavy (non-hydrogen) atoms. The average molecular weight is 481 g/mol. The zero-order valence-electron chi connectivity index (χ0n) is 21.1. The minimum atomic E-state index is -0.202. The van der Waals surface area contributed by atoms with Gasteiger partial charge in [-0.25, -0.2) is 0 Å². The second kappa shape index (κ2) is 18.2. The number of thiocarbonyl (C=S) groups is 1. The molecule has 0 saturated heterocycles. The van der Waals surface area contributed by atoms with Crippen LogP contribution in [0.25, 0.3) is 16.8 Å². The Morgan fingerprint density at radius 1 is 0.765 bits per heavy atom.